The summed E-state index contributed by atoms with van der Waals surface area (Å²) in [5.74, 6) is 3.36. The summed E-state index contributed by atoms with van der Waals surface area (Å²) < 4.78 is 7.64. The molecule has 20 heavy (non-hydrogen) atoms. The molecule has 6 heteroatoms. The Bertz CT molecular complexity index is 436. The van der Waals surface area contributed by atoms with Gasteiger partial charge >= 0.3 is 0 Å². The number of thioether (sulfide) groups is 2. The highest BCUT2D eigenvalue weighted by molar-refractivity contribution is 8.07. The van der Waals surface area contributed by atoms with Crippen molar-refractivity contribution >= 4 is 23.5 Å². The van der Waals surface area contributed by atoms with Gasteiger partial charge in [0.05, 0.1) is 25.0 Å². The molecule has 0 bridgehead atoms. The Kier molecular flexibility index (Phi) is 5.69. The van der Waals surface area contributed by atoms with Gasteiger partial charge in [-0.1, -0.05) is 6.92 Å². The molecule has 3 unspecified atom stereocenters. The number of rotatable bonds is 5. The molecule has 0 saturated carbocycles. The quantitative estimate of drug-likeness (QED) is 0.904. The minimum atomic E-state index is 0.266. The minimum Gasteiger partial charge on any atom is -0.493 e. The van der Waals surface area contributed by atoms with Crippen LogP contribution in [0.3, 0.4) is 0 Å². The van der Waals surface area contributed by atoms with Gasteiger partial charge in [0.25, 0.3) is 0 Å². The Balaban J connectivity index is 2.37. The first-order valence-electron chi connectivity index (χ1n) is 7.12. The number of hydrogen-bond acceptors (Lipinski definition) is 5. The average molecular weight is 316 g/mol. The Morgan fingerprint density at radius 1 is 1.40 bits per heavy atom. The minimum absolute atomic E-state index is 0.266. The third kappa shape index (κ3) is 3.12. The summed E-state index contributed by atoms with van der Waals surface area (Å²) in [6.45, 7) is 6.65. The molecule has 0 aliphatic carbocycles. The number of ether oxygens (including phenoxy) is 1. The molecule has 0 radical (unpaired) electrons. The summed E-state index contributed by atoms with van der Waals surface area (Å²) in [5, 5.41) is 9.18. The third-order valence-corrected chi connectivity index (χ3v) is 6.87. The number of nitrogens with zero attached hydrogens (tertiary/aromatic N) is 2. The van der Waals surface area contributed by atoms with Crippen molar-refractivity contribution in [1.29, 1.82) is 0 Å². The lowest BCUT2D eigenvalue weighted by molar-refractivity contribution is 0.385. The molecular formula is C14H25N3OS2. The molecule has 3 atom stereocenters. The standard InChI is InChI=1S/C14H25N3OS2/c1-9(2)17-13(11(18-5)8-16-17)12(15-4)14-10(3)19-6-7-20-14/h8-10,12,14-15H,6-7H2,1-5H3. The molecule has 0 spiro atoms. The normalized spacial score (nSPS) is 24.9. The van der Waals surface area contributed by atoms with Crippen LogP contribution in [0.1, 0.15) is 38.5 Å². The van der Waals surface area contributed by atoms with Gasteiger partial charge < -0.3 is 10.1 Å². The van der Waals surface area contributed by atoms with Crippen molar-refractivity contribution in [2.75, 3.05) is 25.7 Å². The van der Waals surface area contributed by atoms with Gasteiger partial charge in [0, 0.05) is 28.0 Å². The fourth-order valence-electron chi connectivity index (χ4n) is 2.69. The van der Waals surface area contributed by atoms with E-state index in [1.807, 2.05) is 13.2 Å². The molecule has 1 aromatic rings. The van der Waals surface area contributed by atoms with Gasteiger partial charge in [0.15, 0.2) is 5.75 Å². The van der Waals surface area contributed by atoms with E-state index in [4.69, 9.17) is 4.74 Å². The van der Waals surface area contributed by atoms with Crippen molar-refractivity contribution in [3.8, 4) is 5.75 Å². The molecule has 1 fully saturated rings. The Morgan fingerprint density at radius 2 is 2.10 bits per heavy atom. The average Bonchev–Trinajstić information content (AvgIpc) is 2.86. The SMILES string of the molecule is CNC(c1c(OC)cnn1C(C)C)C1SCCSC1C. The predicted octanol–water partition coefficient (Wildman–Crippen LogP) is 2.97. The van der Waals surface area contributed by atoms with Crippen LogP contribution in [0.25, 0.3) is 0 Å². The van der Waals surface area contributed by atoms with Crippen LogP contribution in [0.2, 0.25) is 0 Å². The second-order valence-electron chi connectivity index (χ2n) is 5.31. The van der Waals surface area contributed by atoms with Crippen LogP contribution < -0.4 is 10.1 Å². The molecule has 1 aliphatic rings. The van der Waals surface area contributed by atoms with Crippen LogP contribution >= 0.6 is 23.5 Å². The maximum atomic E-state index is 5.55. The van der Waals surface area contributed by atoms with Gasteiger partial charge in [-0.25, -0.2) is 0 Å². The highest BCUT2D eigenvalue weighted by Gasteiger charge is 2.34. The van der Waals surface area contributed by atoms with Crippen molar-refractivity contribution in [1.82, 2.24) is 15.1 Å². The summed E-state index contributed by atoms with van der Waals surface area (Å²) in [4.78, 5) is 0. The Hall–Kier alpha value is -0.330. The topological polar surface area (TPSA) is 39.1 Å². The van der Waals surface area contributed by atoms with Crippen LogP contribution in [0.5, 0.6) is 5.75 Å². The zero-order valence-corrected chi connectivity index (χ0v) is 14.6. The molecular weight excluding hydrogens is 290 g/mol. The molecule has 1 aliphatic heterocycles. The van der Waals surface area contributed by atoms with E-state index in [0.717, 1.165) is 5.75 Å². The number of nitrogens with one attached hydrogen (secondary N) is 1. The molecule has 1 saturated heterocycles. The zero-order chi connectivity index (χ0) is 14.7. The first kappa shape index (κ1) is 16.0. The van der Waals surface area contributed by atoms with Crippen LogP contribution in [0.15, 0.2) is 6.20 Å². The van der Waals surface area contributed by atoms with Crippen molar-refractivity contribution in [3.63, 3.8) is 0 Å². The number of methoxy groups -OCH3 is 1. The largest absolute Gasteiger partial charge is 0.493 e. The predicted molar refractivity (Wildman–Crippen MR) is 89.1 cm³/mol. The number of aromatic nitrogens is 2. The van der Waals surface area contributed by atoms with Gasteiger partial charge in [-0.3, -0.25) is 4.68 Å². The van der Waals surface area contributed by atoms with Gasteiger partial charge in [-0.05, 0) is 20.9 Å². The van der Waals surface area contributed by atoms with Crippen LogP contribution in [-0.4, -0.2) is 45.9 Å². The van der Waals surface area contributed by atoms with Crippen LogP contribution in [0, 0.1) is 0 Å². The summed E-state index contributed by atoms with van der Waals surface area (Å²) in [6, 6.07) is 0.601. The van der Waals surface area contributed by atoms with E-state index in [1.165, 1.54) is 17.2 Å². The second-order valence-corrected chi connectivity index (χ2v) is 8.09. The second kappa shape index (κ2) is 7.09. The zero-order valence-electron chi connectivity index (χ0n) is 12.9. The van der Waals surface area contributed by atoms with E-state index in [9.17, 15) is 0 Å². The van der Waals surface area contributed by atoms with E-state index < -0.39 is 0 Å². The lowest BCUT2D eigenvalue weighted by Gasteiger charge is -2.35. The molecule has 0 amide bonds. The summed E-state index contributed by atoms with van der Waals surface area (Å²) in [6.07, 6.45) is 1.84. The van der Waals surface area contributed by atoms with Crippen molar-refractivity contribution in [3.05, 3.63) is 11.9 Å². The third-order valence-electron chi connectivity index (χ3n) is 3.68. The lowest BCUT2D eigenvalue weighted by Crippen LogP contribution is -2.37. The summed E-state index contributed by atoms with van der Waals surface area (Å²) in [5.41, 5.74) is 1.18. The monoisotopic (exact) mass is 315 g/mol. The maximum Gasteiger partial charge on any atom is 0.161 e. The molecule has 1 aromatic heterocycles. The fourth-order valence-corrected chi connectivity index (χ4v) is 5.65. The van der Waals surface area contributed by atoms with E-state index in [2.05, 4.69) is 59.4 Å². The van der Waals surface area contributed by atoms with E-state index >= 15 is 0 Å². The Labute approximate surface area is 130 Å². The van der Waals surface area contributed by atoms with Crippen LogP contribution in [-0.2, 0) is 0 Å². The first-order valence-corrected chi connectivity index (χ1v) is 9.21. The molecule has 2 rings (SSSR count). The fraction of sp³-hybridized carbons (Fsp3) is 0.786. The maximum absolute atomic E-state index is 5.55. The van der Waals surface area contributed by atoms with E-state index in [0.29, 0.717) is 16.5 Å². The van der Waals surface area contributed by atoms with Gasteiger partial charge in [0.2, 0.25) is 0 Å². The lowest BCUT2D eigenvalue weighted by atomic mass is 10.1. The van der Waals surface area contributed by atoms with Gasteiger partial charge in [-0.15, -0.1) is 0 Å². The first-order chi connectivity index (χ1) is 9.60. The van der Waals surface area contributed by atoms with E-state index in [1.54, 1.807) is 7.11 Å². The van der Waals surface area contributed by atoms with Crippen molar-refractivity contribution in [2.24, 2.45) is 0 Å². The van der Waals surface area contributed by atoms with Crippen LogP contribution in [0.4, 0.5) is 0 Å². The molecule has 2 heterocycles. The smallest absolute Gasteiger partial charge is 0.161 e. The molecule has 114 valence electrons. The van der Waals surface area contributed by atoms with Gasteiger partial charge in [0.1, 0.15) is 0 Å². The van der Waals surface area contributed by atoms with Crippen molar-refractivity contribution in [2.45, 2.75) is 43.4 Å². The molecule has 1 N–H and O–H groups in total. The summed E-state index contributed by atoms with van der Waals surface area (Å²) in [7, 11) is 3.76. The van der Waals surface area contributed by atoms with Crippen molar-refractivity contribution < 1.29 is 4.74 Å². The Morgan fingerprint density at radius 3 is 2.65 bits per heavy atom. The van der Waals surface area contributed by atoms with E-state index in [-0.39, 0.29) is 6.04 Å². The number of hydrogen-bond donors (Lipinski definition) is 1. The molecule has 0 aromatic carbocycles. The summed E-state index contributed by atoms with van der Waals surface area (Å²) >= 11 is 4.13. The van der Waals surface area contributed by atoms with Gasteiger partial charge in [-0.2, -0.15) is 28.6 Å². The highest BCUT2D eigenvalue weighted by Crippen LogP contribution is 2.41. The highest BCUT2D eigenvalue weighted by atomic mass is 32.2. The molecule has 4 nitrogen and oxygen atoms in total.